The summed E-state index contributed by atoms with van der Waals surface area (Å²) >= 11 is 0. The van der Waals surface area contributed by atoms with Gasteiger partial charge >= 0.3 is 13.6 Å². The normalized spacial score (nSPS) is 12.1. The Morgan fingerprint density at radius 3 is 1.74 bits per heavy atom. The third-order valence-corrected chi connectivity index (χ3v) is 7.66. The lowest BCUT2D eigenvalue weighted by Crippen LogP contribution is -2.32. The maximum absolute atomic E-state index is 14.5. The molecule has 0 aliphatic rings. The highest BCUT2D eigenvalue weighted by Crippen LogP contribution is 2.56. The number of carbonyl (C=O) groups is 1. The molecule has 34 heavy (non-hydrogen) atoms. The minimum absolute atomic E-state index is 0.00277. The molecule has 0 aromatic heterocycles. The third-order valence-electron chi connectivity index (χ3n) is 5.50. The van der Waals surface area contributed by atoms with E-state index in [0.717, 1.165) is 12.8 Å². The van der Waals surface area contributed by atoms with Gasteiger partial charge < -0.3 is 19.1 Å². The van der Waals surface area contributed by atoms with Crippen molar-refractivity contribution in [1.29, 1.82) is 0 Å². The van der Waals surface area contributed by atoms with Crippen molar-refractivity contribution >= 4 is 19.3 Å². The van der Waals surface area contributed by atoms with E-state index in [0.29, 0.717) is 29.4 Å². The first-order chi connectivity index (χ1) is 16.5. The highest BCUT2D eigenvalue weighted by molar-refractivity contribution is 7.55. The molecule has 0 spiro atoms. The molecule has 0 aliphatic carbocycles. The highest BCUT2D eigenvalue weighted by Gasteiger charge is 2.43. The van der Waals surface area contributed by atoms with E-state index in [4.69, 9.17) is 13.8 Å². The Kier molecular flexibility index (Phi) is 9.17. The number of benzene rings is 3. The summed E-state index contributed by atoms with van der Waals surface area (Å²) in [5, 5.41) is 3.39. The van der Waals surface area contributed by atoms with Crippen molar-refractivity contribution in [1.82, 2.24) is 0 Å². The number of anilines is 1. The first-order valence-corrected chi connectivity index (χ1v) is 13.2. The molecule has 3 aromatic carbocycles. The zero-order valence-electron chi connectivity index (χ0n) is 19.8. The zero-order chi connectivity index (χ0) is 24.4. The van der Waals surface area contributed by atoms with E-state index < -0.39 is 13.4 Å². The zero-order valence-corrected chi connectivity index (χ0v) is 20.7. The predicted molar refractivity (Wildman–Crippen MR) is 136 cm³/mol. The second kappa shape index (κ2) is 12.3. The van der Waals surface area contributed by atoms with Gasteiger partial charge in [-0.05, 0) is 61.4 Å². The van der Waals surface area contributed by atoms with Crippen molar-refractivity contribution in [3.63, 3.8) is 0 Å². The number of rotatable bonds is 12. The first-order valence-electron chi connectivity index (χ1n) is 11.6. The van der Waals surface area contributed by atoms with Crippen LogP contribution in [0.2, 0.25) is 0 Å². The van der Waals surface area contributed by atoms with Gasteiger partial charge in [0.25, 0.3) is 0 Å². The van der Waals surface area contributed by atoms with Gasteiger partial charge in [0.1, 0.15) is 11.5 Å². The number of hydrogen-bond acceptors (Lipinski definition) is 6. The molecule has 0 amide bonds. The number of hydrogen-bond donors (Lipinski definition) is 1. The van der Waals surface area contributed by atoms with Crippen molar-refractivity contribution in [3.05, 3.63) is 90.5 Å². The Hall–Kier alpha value is -3.24. The molecule has 0 heterocycles. The van der Waals surface area contributed by atoms with Crippen LogP contribution in [-0.2, 0) is 9.30 Å². The lowest BCUT2D eigenvalue weighted by Gasteiger charge is -2.33. The summed E-state index contributed by atoms with van der Waals surface area (Å²) in [4.78, 5) is 12.0. The van der Waals surface area contributed by atoms with Crippen LogP contribution in [-0.4, -0.2) is 18.4 Å². The van der Waals surface area contributed by atoms with E-state index in [1.165, 1.54) is 0 Å². The molecule has 1 unspecified atom stereocenters. The second-order valence-electron chi connectivity index (χ2n) is 7.81. The minimum Gasteiger partial charge on any atom is -0.462 e. The van der Waals surface area contributed by atoms with E-state index in [1.807, 2.05) is 36.4 Å². The van der Waals surface area contributed by atoms with Gasteiger partial charge in [0, 0.05) is 5.69 Å². The van der Waals surface area contributed by atoms with Gasteiger partial charge in [0.05, 0.1) is 12.2 Å². The Morgan fingerprint density at radius 1 is 0.794 bits per heavy atom. The lowest BCUT2D eigenvalue weighted by atomic mass is 10.0. The van der Waals surface area contributed by atoms with Crippen molar-refractivity contribution in [2.45, 2.75) is 39.4 Å². The van der Waals surface area contributed by atoms with Crippen LogP contribution in [0.15, 0.2) is 84.9 Å². The van der Waals surface area contributed by atoms with Gasteiger partial charge in [-0.3, -0.25) is 0 Å². The minimum atomic E-state index is -3.77. The molecule has 0 saturated carbocycles. The van der Waals surface area contributed by atoms with Gasteiger partial charge in [-0.2, -0.15) is 0 Å². The van der Waals surface area contributed by atoms with Gasteiger partial charge in [0.2, 0.25) is 0 Å². The fourth-order valence-corrected chi connectivity index (χ4v) is 6.01. The predicted octanol–water partition coefficient (Wildman–Crippen LogP) is 7.39. The standard InChI is InChI=1S/C27H32NO5P/c1-4-21(5-2)26(28-23-19-17-22(18-20-23)27(29)31-6-3)34(30,32-24-13-9-7-10-14-24)33-25-15-11-8-12-16-25/h7-21,26,28H,4-6H2,1-3H3. The molecule has 0 radical (unpaired) electrons. The van der Waals surface area contributed by atoms with Gasteiger partial charge in [-0.1, -0.05) is 63.1 Å². The van der Waals surface area contributed by atoms with Crippen LogP contribution in [0.25, 0.3) is 0 Å². The fraction of sp³-hybridized carbons (Fsp3) is 0.296. The van der Waals surface area contributed by atoms with E-state index in [2.05, 4.69) is 19.2 Å². The molecular weight excluding hydrogens is 449 g/mol. The molecule has 7 heteroatoms. The largest absolute Gasteiger partial charge is 0.462 e. The summed E-state index contributed by atoms with van der Waals surface area (Å²) in [5.41, 5.74) is 1.16. The maximum atomic E-state index is 14.5. The molecule has 0 aliphatic heterocycles. The lowest BCUT2D eigenvalue weighted by molar-refractivity contribution is 0.0526. The van der Waals surface area contributed by atoms with Crippen molar-refractivity contribution in [3.8, 4) is 11.5 Å². The Labute approximate surface area is 201 Å². The molecule has 3 rings (SSSR count). The molecule has 0 saturated heterocycles. The molecule has 6 nitrogen and oxygen atoms in total. The van der Waals surface area contributed by atoms with Crippen molar-refractivity contribution in [2.24, 2.45) is 5.92 Å². The number of para-hydroxylation sites is 2. The van der Waals surface area contributed by atoms with Gasteiger partial charge in [-0.15, -0.1) is 0 Å². The number of ether oxygens (including phenoxy) is 1. The average molecular weight is 482 g/mol. The fourth-order valence-electron chi connectivity index (χ4n) is 3.67. The Balaban J connectivity index is 1.97. The maximum Gasteiger partial charge on any atom is 0.453 e. The van der Waals surface area contributed by atoms with Crippen LogP contribution in [0.4, 0.5) is 5.69 Å². The van der Waals surface area contributed by atoms with Gasteiger partial charge in [-0.25, -0.2) is 9.36 Å². The van der Waals surface area contributed by atoms with Crippen LogP contribution < -0.4 is 14.4 Å². The summed E-state index contributed by atoms with van der Waals surface area (Å²) < 4.78 is 31.8. The number of nitrogens with one attached hydrogen (secondary N) is 1. The molecular formula is C27H32NO5P. The molecule has 180 valence electrons. The summed E-state index contributed by atoms with van der Waals surface area (Å²) in [5.74, 6) is -0.0650. The summed E-state index contributed by atoms with van der Waals surface area (Å²) in [6.07, 6.45) is 1.55. The van der Waals surface area contributed by atoms with Crippen LogP contribution >= 0.6 is 7.60 Å². The molecule has 1 atom stereocenters. The van der Waals surface area contributed by atoms with E-state index >= 15 is 0 Å². The van der Waals surface area contributed by atoms with E-state index in [9.17, 15) is 9.36 Å². The van der Waals surface area contributed by atoms with Crippen LogP contribution in [0.5, 0.6) is 11.5 Å². The SMILES string of the molecule is CCOC(=O)c1ccc(NC(C(CC)CC)P(=O)(Oc2ccccc2)Oc2ccccc2)cc1. The molecule has 0 bridgehead atoms. The number of carbonyl (C=O) groups excluding carboxylic acids is 1. The van der Waals surface area contributed by atoms with Gasteiger partial charge in [0.15, 0.2) is 5.78 Å². The summed E-state index contributed by atoms with van der Waals surface area (Å²) in [6.45, 7) is 6.20. The topological polar surface area (TPSA) is 73.9 Å². The Morgan fingerprint density at radius 2 is 1.29 bits per heavy atom. The number of esters is 1. The summed E-state index contributed by atoms with van der Waals surface area (Å²) in [7, 11) is -3.77. The average Bonchev–Trinajstić information content (AvgIpc) is 2.86. The van der Waals surface area contributed by atoms with Crippen molar-refractivity contribution in [2.75, 3.05) is 11.9 Å². The smallest absolute Gasteiger partial charge is 0.453 e. The molecule has 0 fully saturated rings. The van der Waals surface area contributed by atoms with Crippen molar-refractivity contribution < 1.29 is 23.1 Å². The second-order valence-corrected chi connectivity index (χ2v) is 9.81. The van der Waals surface area contributed by atoms with Crippen LogP contribution in [0, 0.1) is 5.92 Å². The van der Waals surface area contributed by atoms with Crippen LogP contribution in [0.3, 0.4) is 0 Å². The third kappa shape index (κ3) is 6.64. The van der Waals surface area contributed by atoms with E-state index in [-0.39, 0.29) is 11.9 Å². The van der Waals surface area contributed by atoms with E-state index in [1.54, 1.807) is 55.5 Å². The monoisotopic (exact) mass is 481 g/mol. The van der Waals surface area contributed by atoms with Crippen LogP contribution in [0.1, 0.15) is 44.0 Å². The quantitative estimate of drug-likeness (QED) is 0.215. The summed E-state index contributed by atoms with van der Waals surface area (Å²) in [6, 6.07) is 25.0. The highest BCUT2D eigenvalue weighted by atomic mass is 31.2. The molecule has 3 aromatic rings. The molecule has 1 N–H and O–H groups in total. The Bertz CT molecular complexity index is 1020. The first kappa shape index (κ1) is 25.4.